The fourth-order valence-electron chi connectivity index (χ4n) is 1.92. The zero-order valence-corrected chi connectivity index (χ0v) is 10.3. The molecule has 0 radical (unpaired) electrons. The summed E-state index contributed by atoms with van der Waals surface area (Å²) in [6.45, 7) is 5.22. The van der Waals surface area contributed by atoms with E-state index in [1.807, 2.05) is 18.3 Å². The van der Waals surface area contributed by atoms with E-state index in [1.54, 1.807) is 0 Å². The lowest BCUT2D eigenvalue weighted by atomic mass is 10.1. The summed E-state index contributed by atoms with van der Waals surface area (Å²) in [6.07, 6.45) is 4.13. The topological polar surface area (TPSA) is 43.4 Å². The maximum Gasteiger partial charge on any atom is 0.0892 e. The largest absolute Gasteiger partial charge is 0.385 e. The molecule has 94 valence electrons. The van der Waals surface area contributed by atoms with Gasteiger partial charge in [0, 0.05) is 31.6 Å². The Kier molecular flexibility index (Phi) is 4.76. The van der Waals surface area contributed by atoms with Crippen LogP contribution < -0.4 is 5.32 Å². The van der Waals surface area contributed by atoms with Gasteiger partial charge in [-0.15, -0.1) is 0 Å². The zero-order valence-electron chi connectivity index (χ0n) is 10.3. The lowest BCUT2D eigenvalue weighted by Gasteiger charge is -2.22. The van der Waals surface area contributed by atoms with Gasteiger partial charge in [0.2, 0.25) is 0 Å². The maximum absolute atomic E-state index is 5.83. The summed E-state index contributed by atoms with van der Waals surface area (Å²) < 4.78 is 11.1. The fraction of sp³-hybridized carbons (Fsp3) is 0.615. The molecule has 1 fully saturated rings. The first-order valence-electron chi connectivity index (χ1n) is 6.26. The van der Waals surface area contributed by atoms with E-state index in [9.17, 15) is 0 Å². The Morgan fingerprint density at radius 3 is 3.06 bits per heavy atom. The predicted octanol–water partition coefficient (Wildman–Crippen LogP) is 2.21. The number of hydrogen-bond acceptors (Lipinski definition) is 4. The molecule has 2 heterocycles. The van der Waals surface area contributed by atoms with Gasteiger partial charge in [0.15, 0.2) is 0 Å². The lowest BCUT2D eigenvalue weighted by molar-refractivity contribution is -0.0399. The molecule has 4 heteroatoms. The Balaban J connectivity index is 1.83. The Morgan fingerprint density at radius 1 is 1.47 bits per heavy atom. The second-order valence-corrected chi connectivity index (χ2v) is 4.19. The third-order valence-corrected chi connectivity index (χ3v) is 2.83. The van der Waals surface area contributed by atoms with E-state index in [-0.39, 0.29) is 0 Å². The van der Waals surface area contributed by atoms with Crippen LogP contribution in [0, 0.1) is 0 Å². The van der Waals surface area contributed by atoms with Gasteiger partial charge in [-0.3, -0.25) is 4.98 Å². The van der Waals surface area contributed by atoms with Crippen LogP contribution in [-0.2, 0) is 16.1 Å². The van der Waals surface area contributed by atoms with Gasteiger partial charge in [0.05, 0.1) is 18.4 Å². The molecule has 0 amide bonds. The molecule has 0 saturated carbocycles. The number of nitrogens with one attached hydrogen (secondary N) is 1. The lowest BCUT2D eigenvalue weighted by Crippen LogP contribution is -2.23. The first-order valence-corrected chi connectivity index (χ1v) is 6.26. The number of nitrogens with zero attached hydrogens (tertiary/aromatic N) is 1. The second kappa shape index (κ2) is 6.57. The smallest absolute Gasteiger partial charge is 0.0892 e. The average Bonchev–Trinajstić information content (AvgIpc) is 2.39. The predicted molar refractivity (Wildman–Crippen MR) is 67.0 cm³/mol. The summed E-state index contributed by atoms with van der Waals surface area (Å²) in [7, 11) is 0. The summed E-state index contributed by atoms with van der Waals surface area (Å²) in [4.78, 5) is 4.31. The molecule has 1 aromatic rings. The number of rotatable bonds is 5. The molecule has 1 N–H and O–H groups in total. The van der Waals surface area contributed by atoms with Crippen molar-refractivity contribution in [2.45, 2.75) is 32.5 Å². The molecule has 4 nitrogen and oxygen atoms in total. The first kappa shape index (κ1) is 12.3. The first-order chi connectivity index (χ1) is 8.38. The second-order valence-electron chi connectivity index (χ2n) is 4.19. The molecule has 1 aromatic heterocycles. The number of pyridine rings is 1. The Bertz CT molecular complexity index is 338. The number of hydrogen-bond donors (Lipinski definition) is 1. The van der Waals surface area contributed by atoms with Crippen molar-refractivity contribution in [2.75, 3.05) is 25.1 Å². The molecule has 0 atom stereocenters. The minimum Gasteiger partial charge on any atom is -0.385 e. The van der Waals surface area contributed by atoms with Crippen molar-refractivity contribution >= 4 is 5.69 Å². The van der Waals surface area contributed by atoms with Crippen LogP contribution in [0.25, 0.3) is 0 Å². The van der Waals surface area contributed by atoms with Crippen molar-refractivity contribution in [3.05, 3.63) is 24.0 Å². The quantitative estimate of drug-likeness (QED) is 0.851. The highest BCUT2D eigenvalue weighted by Crippen LogP contribution is 2.14. The van der Waals surface area contributed by atoms with E-state index in [4.69, 9.17) is 9.47 Å². The van der Waals surface area contributed by atoms with Crippen LogP contribution in [0.5, 0.6) is 0 Å². The highest BCUT2D eigenvalue weighted by atomic mass is 16.5. The highest BCUT2D eigenvalue weighted by molar-refractivity contribution is 5.42. The van der Waals surface area contributed by atoms with Crippen molar-refractivity contribution in [2.24, 2.45) is 0 Å². The molecule has 1 saturated heterocycles. The summed E-state index contributed by atoms with van der Waals surface area (Å²) in [5.74, 6) is 0. The minimum atomic E-state index is 0.327. The van der Waals surface area contributed by atoms with E-state index in [0.29, 0.717) is 12.7 Å². The molecule has 0 unspecified atom stereocenters. The van der Waals surface area contributed by atoms with Gasteiger partial charge in [0.25, 0.3) is 0 Å². The van der Waals surface area contributed by atoms with Crippen molar-refractivity contribution in [1.29, 1.82) is 0 Å². The van der Waals surface area contributed by atoms with Gasteiger partial charge >= 0.3 is 0 Å². The monoisotopic (exact) mass is 236 g/mol. The molecule has 1 aliphatic heterocycles. The van der Waals surface area contributed by atoms with Crippen molar-refractivity contribution in [3.8, 4) is 0 Å². The number of ether oxygens (including phenoxy) is 2. The maximum atomic E-state index is 5.83. The van der Waals surface area contributed by atoms with Crippen LogP contribution in [0.15, 0.2) is 18.3 Å². The summed E-state index contributed by atoms with van der Waals surface area (Å²) in [5.41, 5.74) is 2.09. The molecule has 1 aliphatic rings. The van der Waals surface area contributed by atoms with Crippen molar-refractivity contribution < 1.29 is 9.47 Å². The van der Waals surface area contributed by atoms with Gasteiger partial charge in [-0.05, 0) is 31.9 Å². The highest BCUT2D eigenvalue weighted by Gasteiger charge is 2.14. The molecule has 17 heavy (non-hydrogen) atoms. The third kappa shape index (κ3) is 3.98. The van der Waals surface area contributed by atoms with E-state index in [0.717, 1.165) is 44.0 Å². The zero-order chi connectivity index (χ0) is 11.9. The molecule has 2 rings (SSSR count). The average molecular weight is 236 g/mol. The van der Waals surface area contributed by atoms with Gasteiger partial charge in [-0.2, -0.15) is 0 Å². The molecule has 0 aromatic carbocycles. The van der Waals surface area contributed by atoms with Crippen LogP contribution in [0.4, 0.5) is 5.69 Å². The van der Waals surface area contributed by atoms with Crippen LogP contribution >= 0.6 is 0 Å². The van der Waals surface area contributed by atoms with E-state index >= 15 is 0 Å². The van der Waals surface area contributed by atoms with Crippen molar-refractivity contribution in [1.82, 2.24) is 4.98 Å². The minimum absolute atomic E-state index is 0.327. The summed E-state index contributed by atoms with van der Waals surface area (Å²) in [6, 6.07) is 4.02. The third-order valence-electron chi connectivity index (χ3n) is 2.83. The summed E-state index contributed by atoms with van der Waals surface area (Å²) >= 11 is 0. The Labute approximate surface area is 102 Å². The molecular formula is C13H20N2O2. The van der Waals surface area contributed by atoms with Crippen LogP contribution in [0.1, 0.15) is 25.5 Å². The SMILES string of the molecule is CCNc1ccnc(COC2CCOCC2)c1. The molecule has 0 spiro atoms. The number of anilines is 1. The van der Waals surface area contributed by atoms with Gasteiger partial charge < -0.3 is 14.8 Å². The van der Waals surface area contributed by atoms with Gasteiger partial charge in [-0.1, -0.05) is 0 Å². The standard InChI is InChI=1S/C13H20N2O2/c1-2-14-11-3-6-15-12(9-11)10-17-13-4-7-16-8-5-13/h3,6,9,13H,2,4-5,7-8,10H2,1H3,(H,14,15). The van der Waals surface area contributed by atoms with Crippen LogP contribution in [-0.4, -0.2) is 30.8 Å². The summed E-state index contributed by atoms with van der Waals surface area (Å²) in [5, 5.41) is 3.27. The van der Waals surface area contributed by atoms with E-state index in [2.05, 4.69) is 17.2 Å². The molecule has 0 aliphatic carbocycles. The van der Waals surface area contributed by atoms with Crippen molar-refractivity contribution in [3.63, 3.8) is 0 Å². The van der Waals surface area contributed by atoms with Crippen LogP contribution in [0.2, 0.25) is 0 Å². The number of aromatic nitrogens is 1. The molecular weight excluding hydrogens is 216 g/mol. The van der Waals surface area contributed by atoms with Gasteiger partial charge in [0.1, 0.15) is 0 Å². The molecule has 0 bridgehead atoms. The fourth-order valence-corrected chi connectivity index (χ4v) is 1.92. The Morgan fingerprint density at radius 2 is 2.29 bits per heavy atom. The normalized spacial score (nSPS) is 17.0. The van der Waals surface area contributed by atoms with E-state index < -0.39 is 0 Å². The van der Waals surface area contributed by atoms with Crippen LogP contribution in [0.3, 0.4) is 0 Å². The Hall–Kier alpha value is -1.13. The van der Waals surface area contributed by atoms with E-state index in [1.165, 1.54) is 0 Å². The van der Waals surface area contributed by atoms with Gasteiger partial charge in [-0.25, -0.2) is 0 Å².